The number of phosphoric acid groups is 1. The molecule has 0 aromatic carbocycles. The highest BCUT2D eigenvalue weighted by atomic mass is 31.2. The number of rotatable bonds is 41. The minimum atomic E-state index is -4.28. The minimum absolute atomic E-state index is 0.00170. The van der Waals surface area contributed by atoms with E-state index in [4.69, 9.17) is 18.5 Å². The fourth-order valence-corrected chi connectivity index (χ4v) is 6.88. The van der Waals surface area contributed by atoms with Crippen molar-refractivity contribution < 1.29 is 37.6 Å². The standard InChI is InChI=1S/C45H83O8P/c1-4-7-9-11-13-15-17-19-20-21-22-23-24-25-26-28-30-32-34-36-38-40-45(47)53-43(42-52-54(48,49)51-6-3)41-50-44(46)39-37-35-33-31-29-27-18-16-14-12-10-8-5-2/h16-19,21-22,43H,4-15,20,23-42H2,1-3H3,(H,48,49)/b18-16-,19-17-,22-21-. The summed E-state index contributed by atoms with van der Waals surface area (Å²) in [7, 11) is -4.28. The number of esters is 2. The first-order valence-corrected chi connectivity index (χ1v) is 23.8. The van der Waals surface area contributed by atoms with Crippen molar-refractivity contribution in [3.63, 3.8) is 0 Å². The summed E-state index contributed by atoms with van der Waals surface area (Å²) in [5, 5.41) is 0. The number of hydrogen-bond donors (Lipinski definition) is 1. The zero-order chi connectivity index (χ0) is 39.6. The van der Waals surface area contributed by atoms with Crippen LogP contribution in [0.2, 0.25) is 0 Å². The molecule has 0 aromatic heterocycles. The predicted octanol–water partition coefficient (Wildman–Crippen LogP) is 14.0. The van der Waals surface area contributed by atoms with Crippen LogP contribution < -0.4 is 0 Å². The monoisotopic (exact) mass is 783 g/mol. The van der Waals surface area contributed by atoms with E-state index < -0.39 is 26.5 Å². The van der Waals surface area contributed by atoms with E-state index in [0.717, 1.165) is 64.2 Å². The molecule has 0 radical (unpaired) electrons. The summed E-state index contributed by atoms with van der Waals surface area (Å²) >= 11 is 0. The third-order valence-electron chi connectivity index (χ3n) is 9.42. The smallest absolute Gasteiger partial charge is 0.462 e. The summed E-state index contributed by atoms with van der Waals surface area (Å²) in [6, 6.07) is 0. The van der Waals surface area contributed by atoms with Gasteiger partial charge in [-0.25, -0.2) is 4.57 Å². The van der Waals surface area contributed by atoms with E-state index in [1.807, 2.05) is 0 Å². The van der Waals surface area contributed by atoms with Gasteiger partial charge in [-0.05, 0) is 77.6 Å². The molecule has 0 amide bonds. The molecular weight excluding hydrogens is 699 g/mol. The average molecular weight is 783 g/mol. The molecule has 0 bridgehead atoms. The maximum absolute atomic E-state index is 12.6. The van der Waals surface area contributed by atoms with Gasteiger partial charge in [-0.3, -0.25) is 18.6 Å². The molecule has 54 heavy (non-hydrogen) atoms. The number of allylic oxidation sites excluding steroid dienone is 6. The van der Waals surface area contributed by atoms with Gasteiger partial charge in [0.05, 0.1) is 13.2 Å². The van der Waals surface area contributed by atoms with Gasteiger partial charge in [0.2, 0.25) is 0 Å². The van der Waals surface area contributed by atoms with Crippen LogP contribution in [0.4, 0.5) is 0 Å². The lowest BCUT2D eigenvalue weighted by Gasteiger charge is -2.19. The molecule has 9 heteroatoms. The van der Waals surface area contributed by atoms with Crippen LogP contribution in [0.15, 0.2) is 36.5 Å². The van der Waals surface area contributed by atoms with E-state index in [9.17, 15) is 19.0 Å². The number of carbonyl (C=O) groups excluding carboxylic acids is 2. The Morgan fingerprint density at radius 1 is 0.500 bits per heavy atom. The number of hydrogen-bond acceptors (Lipinski definition) is 7. The Labute approximate surface area is 332 Å². The van der Waals surface area contributed by atoms with Crippen molar-refractivity contribution in [3.8, 4) is 0 Å². The fraction of sp³-hybridized carbons (Fsp3) is 0.822. The minimum Gasteiger partial charge on any atom is -0.462 e. The summed E-state index contributed by atoms with van der Waals surface area (Å²) < 4.78 is 32.6. The molecule has 2 atom stereocenters. The molecule has 1 N–H and O–H groups in total. The van der Waals surface area contributed by atoms with Crippen LogP contribution in [-0.4, -0.2) is 42.8 Å². The number of ether oxygens (including phenoxy) is 2. The fourth-order valence-electron chi connectivity index (χ4n) is 6.12. The first-order valence-electron chi connectivity index (χ1n) is 22.3. The lowest BCUT2D eigenvalue weighted by atomic mass is 10.1. The molecule has 0 spiro atoms. The van der Waals surface area contributed by atoms with Crippen molar-refractivity contribution in [1.29, 1.82) is 0 Å². The van der Waals surface area contributed by atoms with Crippen molar-refractivity contribution in [1.82, 2.24) is 0 Å². The van der Waals surface area contributed by atoms with E-state index in [-0.39, 0.29) is 32.0 Å². The molecule has 0 aliphatic carbocycles. The maximum atomic E-state index is 12.6. The third-order valence-corrected chi connectivity index (χ3v) is 10.5. The molecule has 0 aromatic rings. The Balaban J connectivity index is 4.05. The third kappa shape index (κ3) is 39.9. The van der Waals surface area contributed by atoms with Gasteiger partial charge in [0, 0.05) is 12.8 Å². The van der Waals surface area contributed by atoms with Gasteiger partial charge < -0.3 is 14.4 Å². The highest BCUT2D eigenvalue weighted by Crippen LogP contribution is 2.43. The first-order chi connectivity index (χ1) is 26.3. The second kappa shape index (κ2) is 40.9. The van der Waals surface area contributed by atoms with Crippen molar-refractivity contribution >= 4 is 19.8 Å². The Bertz CT molecular complexity index is 979. The van der Waals surface area contributed by atoms with Crippen LogP contribution in [0, 0.1) is 0 Å². The van der Waals surface area contributed by atoms with E-state index in [1.54, 1.807) is 6.92 Å². The van der Waals surface area contributed by atoms with Gasteiger partial charge >= 0.3 is 19.8 Å². The van der Waals surface area contributed by atoms with Crippen LogP contribution in [0.1, 0.15) is 213 Å². The molecule has 0 aliphatic heterocycles. The van der Waals surface area contributed by atoms with Crippen LogP contribution in [0.5, 0.6) is 0 Å². The van der Waals surface area contributed by atoms with Crippen LogP contribution in [0.25, 0.3) is 0 Å². The van der Waals surface area contributed by atoms with Crippen LogP contribution in [-0.2, 0) is 32.7 Å². The largest absolute Gasteiger partial charge is 0.472 e. The molecular formula is C45H83O8P. The van der Waals surface area contributed by atoms with E-state index in [1.165, 1.54) is 109 Å². The van der Waals surface area contributed by atoms with Gasteiger partial charge in [0.1, 0.15) is 6.61 Å². The second-order valence-corrected chi connectivity index (χ2v) is 16.2. The first kappa shape index (κ1) is 52.3. The van der Waals surface area contributed by atoms with Crippen molar-refractivity contribution in [3.05, 3.63) is 36.5 Å². The second-order valence-electron chi connectivity index (χ2n) is 14.7. The van der Waals surface area contributed by atoms with Gasteiger partial charge in [0.15, 0.2) is 6.10 Å². The highest BCUT2D eigenvalue weighted by Gasteiger charge is 2.25. The SMILES string of the molecule is CCCCCC/C=C\CCCCCCCC(=O)OCC(COP(=O)(O)OCC)OC(=O)CCCCCCCCCCC/C=C\C/C=C\CCCCCCC. The molecule has 0 aliphatic rings. The van der Waals surface area contributed by atoms with Crippen molar-refractivity contribution in [2.24, 2.45) is 0 Å². The molecule has 0 saturated carbocycles. The lowest BCUT2D eigenvalue weighted by Crippen LogP contribution is -2.29. The van der Waals surface area contributed by atoms with Gasteiger partial charge in [0.25, 0.3) is 0 Å². The molecule has 0 fully saturated rings. The van der Waals surface area contributed by atoms with E-state index in [0.29, 0.717) is 6.42 Å². The van der Waals surface area contributed by atoms with Gasteiger partial charge in [-0.15, -0.1) is 0 Å². The Kier molecular flexibility index (Phi) is 39.6. The highest BCUT2D eigenvalue weighted by molar-refractivity contribution is 7.47. The number of carbonyl (C=O) groups is 2. The summed E-state index contributed by atoms with van der Waals surface area (Å²) in [5.74, 6) is -0.809. The molecule has 2 unspecified atom stereocenters. The normalized spacial score (nSPS) is 13.6. The Morgan fingerprint density at radius 2 is 0.889 bits per heavy atom. The summed E-state index contributed by atoms with van der Waals surface area (Å²) in [6.07, 6.45) is 46.2. The molecule has 316 valence electrons. The summed E-state index contributed by atoms with van der Waals surface area (Å²) in [6.45, 7) is 5.44. The summed E-state index contributed by atoms with van der Waals surface area (Å²) in [4.78, 5) is 34.7. The van der Waals surface area contributed by atoms with Crippen molar-refractivity contribution in [2.45, 2.75) is 219 Å². The molecule has 0 heterocycles. The predicted molar refractivity (Wildman–Crippen MR) is 226 cm³/mol. The van der Waals surface area contributed by atoms with E-state index >= 15 is 0 Å². The molecule has 8 nitrogen and oxygen atoms in total. The Hall–Kier alpha value is -1.73. The average Bonchev–Trinajstić information content (AvgIpc) is 3.15. The zero-order valence-electron chi connectivity index (χ0n) is 35.1. The Morgan fingerprint density at radius 3 is 1.35 bits per heavy atom. The zero-order valence-corrected chi connectivity index (χ0v) is 36.0. The maximum Gasteiger partial charge on any atom is 0.472 e. The van der Waals surface area contributed by atoms with Crippen molar-refractivity contribution in [2.75, 3.05) is 19.8 Å². The van der Waals surface area contributed by atoms with E-state index in [2.05, 4.69) is 50.3 Å². The molecule has 0 saturated heterocycles. The molecule has 0 rings (SSSR count). The number of unbranched alkanes of at least 4 members (excludes halogenated alkanes) is 23. The van der Waals surface area contributed by atoms with Gasteiger partial charge in [-0.1, -0.05) is 159 Å². The number of phosphoric ester groups is 1. The summed E-state index contributed by atoms with van der Waals surface area (Å²) in [5.41, 5.74) is 0. The topological polar surface area (TPSA) is 108 Å². The van der Waals surface area contributed by atoms with Gasteiger partial charge in [-0.2, -0.15) is 0 Å². The lowest BCUT2D eigenvalue weighted by molar-refractivity contribution is -0.161. The van der Waals surface area contributed by atoms with Crippen LogP contribution in [0.3, 0.4) is 0 Å². The quantitative estimate of drug-likeness (QED) is 0.0283. The van der Waals surface area contributed by atoms with Crippen LogP contribution >= 0.6 is 7.82 Å².